The summed E-state index contributed by atoms with van der Waals surface area (Å²) in [4.78, 5) is 28.6. The predicted molar refractivity (Wildman–Crippen MR) is 182 cm³/mol. The minimum Gasteiger partial charge on any atom is -0.490 e. The van der Waals surface area contributed by atoms with Crippen LogP contribution in [0.1, 0.15) is 50.4 Å². The van der Waals surface area contributed by atoms with Crippen molar-refractivity contribution in [2.75, 3.05) is 44.0 Å². The zero-order chi connectivity index (χ0) is 34.8. The molecule has 0 aliphatic carbocycles. The fourth-order valence-electron chi connectivity index (χ4n) is 5.42. The first kappa shape index (κ1) is 36.8. The van der Waals surface area contributed by atoms with E-state index in [9.17, 15) is 27.5 Å². The zero-order valence-electron chi connectivity index (χ0n) is 27.8. The van der Waals surface area contributed by atoms with Crippen LogP contribution in [0.15, 0.2) is 77.7 Å². The van der Waals surface area contributed by atoms with Crippen molar-refractivity contribution in [3.8, 4) is 5.75 Å². The smallest absolute Gasteiger partial charge is 0.323 e. The number of ether oxygens (including phenoxy) is 2. The van der Waals surface area contributed by atoms with Gasteiger partial charge in [0.1, 0.15) is 11.6 Å². The van der Waals surface area contributed by atoms with Gasteiger partial charge in [-0.05, 0) is 87.7 Å². The topological polar surface area (TPSA) is 138 Å². The Hall–Kier alpha value is -4.04. The van der Waals surface area contributed by atoms with Crippen LogP contribution in [0.2, 0.25) is 0 Å². The van der Waals surface area contributed by atoms with E-state index in [1.54, 1.807) is 49.4 Å². The number of hydrogen-bond donors (Lipinski definition) is 3. The van der Waals surface area contributed by atoms with E-state index >= 15 is 0 Å². The van der Waals surface area contributed by atoms with E-state index in [1.165, 1.54) is 28.4 Å². The third kappa shape index (κ3) is 9.75. The van der Waals surface area contributed by atoms with Gasteiger partial charge in [-0.15, -0.1) is 0 Å². The quantitative estimate of drug-likeness (QED) is 0.282. The molecule has 0 radical (unpaired) electrons. The Balaban J connectivity index is 1.62. The monoisotopic (exact) mass is 684 g/mol. The minimum absolute atomic E-state index is 0.0168. The van der Waals surface area contributed by atoms with Crippen LogP contribution >= 0.6 is 0 Å². The summed E-state index contributed by atoms with van der Waals surface area (Å²) in [5, 5.41) is 15.7. The molecular formula is C35H45FN4O7S. The number of benzene rings is 3. The molecule has 11 nitrogen and oxygen atoms in total. The fraction of sp³-hybridized carbons (Fsp3) is 0.429. The molecule has 3 N–H and O–H groups in total. The average Bonchev–Trinajstić information content (AvgIpc) is 3.06. The first-order valence-electron chi connectivity index (χ1n) is 16.1. The van der Waals surface area contributed by atoms with Crippen molar-refractivity contribution in [2.45, 2.75) is 63.2 Å². The number of urea groups is 1. The second-order valence-electron chi connectivity index (χ2n) is 12.2. The SMILES string of the molecule is C[C@@H]1CCCCO[C@H](CN(C)S(=O)(=O)c2ccc(F)cc2)[C@H](C)CN([C@H](C)CO)C(=O)c2cc(NC(=O)Nc3ccccc3)ccc2O1. The Labute approximate surface area is 282 Å². The Morgan fingerprint density at radius 3 is 2.42 bits per heavy atom. The maximum Gasteiger partial charge on any atom is 0.323 e. The second kappa shape index (κ2) is 16.9. The number of nitrogens with zero attached hydrogens (tertiary/aromatic N) is 2. The standard InChI is InChI=1S/C35H45FN4O7S/c1-24-21-40(25(2)23-41)34(42)31-20-29(38-35(43)37-28-11-6-5-7-12-28)15-18-32(31)47-26(3)10-8-9-19-46-33(24)22-39(4)48(44,45)30-16-13-27(36)14-17-30/h5-7,11-18,20,24-26,33,41H,8-10,19,21-23H2,1-4H3,(H2,37,38,43)/t24-,25-,26-,33-/m1/s1. The summed E-state index contributed by atoms with van der Waals surface area (Å²) in [7, 11) is -2.52. The van der Waals surface area contributed by atoms with Crippen LogP contribution in [0.3, 0.4) is 0 Å². The van der Waals surface area contributed by atoms with Crippen molar-refractivity contribution >= 4 is 33.3 Å². The molecule has 0 saturated heterocycles. The highest BCUT2D eigenvalue weighted by atomic mass is 32.2. The number of halogens is 1. The van der Waals surface area contributed by atoms with E-state index < -0.39 is 39.9 Å². The van der Waals surface area contributed by atoms with Crippen molar-refractivity contribution in [2.24, 2.45) is 5.92 Å². The fourth-order valence-corrected chi connectivity index (χ4v) is 6.60. The lowest BCUT2D eigenvalue weighted by molar-refractivity contribution is -0.00834. The number of carbonyl (C=O) groups excluding carboxylic acids is 2. The van der Waals surface area contributed by atoms with Crippen LogP contribution < -0.4 is 15.4 Å². The van der Waals surface area contributed by atoms with Gasteiger partial charge >= 0.3 is 6.03 Å². The van der Waals surface area contributed by atoms with Crippen molar-refractivity contribution in [1.29, 1.82) is 0 Å². The van der Waals surface area contributed by atoms with Crippen molar-refractivity contribution in [1.82, 2.24) is 9.21 Å². The lowest BCUT2D eigenvalue weighted by Crippen LogP contribution is -2.48. The van der Waals surface area contributed by atoms with Crippen molar-refractivity contribution < 1.29 is 37.0 Å². The number of amides is 3. The molecule has 1 aliphatic rings. The molecule has 1 heterocycles. The molecule has 0 aromatic heterocycles. The van der Waals surface area contributed by atoms with Gasteiger partial charge in [-0.3, -0.25) is 4.79 Å². The number of likely N-dealkylation sites (N-methyl/N-ethyl adjacent to an activating group) is 1. The highest BCUT2D eigenvalue weighted by Gasteiger charge is 2.32. The Morgan fingerprint density at radius 1 is 1.04 bits per heavy atom. The van der Waals surface area contributed by atoms with Gasteiger partial charge in [0.15, 0.2) is 0 Å². The second-order valence-corrected chi connectivity index (χ2v) is 14.2. The molecule has 0 fully saturated rings. The molecule has 1 aliphatic heterocycles. The van der Waals surface area contributed by atoms with Crippen LogP contribution in [-0.4, -0.2) is 86.3 Å². The van der Waals surface area contributed by atoms with E-state index in [2.05, 4.69) is 10.6 Å². The van der Waals surface area contributed by atoms with E-state index in [0.717, 1.165) is 18.6 Å². The number of nitrogens with one attached hydrogen (secondary N) is 2. The van der Waals surface area contributed by atoms with Crippen molar-refractivity contribution in [3.63, 3.8) is 0 Å². The van der Waals surface area contributed by atoms with Crippen LogP contribution in [0.25, 0.3) is 0 Å². The first-order valence-corrected chi connectivity index (χ1v) is 17.5. The number of hydrogen-bond acceptors (Lipinski definition) is 7. The van der Waals surface area contributed by atoms with Crippen LogP contribution in [-0.2, 0) is 14.8 Å². The van der Waals surface area contributed by atoms with E-state index in [0.29, 0.717) is 36.6 Å². The molecular weight excluding hydrogens is 639 g/mol. The van der Waals surface area contributed by atoms with Crippen LogP contribution in [0.4, 0.5) is 20.6 Å². The predicted octanol–water partition coefficient (Wildman–Crippen LogP) is 5.59. The van der Waals surface area contributed by atoms with Crippen LogP contribution in [0.5, 0.6) is 5.75 Å². The summed E-state index contributed by atoms with van der Waals surface area (Å²) in [5.41, 5.74) is 1.18. The van der Waals surface area contributed by atoms with Gasteiger partial charge in [0.2, 0.25) is 10.0 Å². The van der Waals surface area contributed by atoms with Gasteiger partial charge in [0, 0.05) is 44.0 Å². The molecule has 48 heavy (non-hydrogen) atoms. The number of anilines is 2. The van der Waals surface area contributed by atoms with Gasteiger partial charge < -0.3 is 30.1 Å². The summed E-state index contributed by atoms with van der Waals surface area (Å²) in [6, 6.07) is 17.4. The number of fused-ring (bicyclic) bond motifs is 1. The summed E-state index contributed by atoms with van der Waals surface area (Å²) in [6.07, 6.45) is 1.28. The summed E-state index contributed by atoms with van der Waals surface area (Å²) >= 11 is 0. The third-order valence-corrected chi connectivity index (χ3v) is 10.1. The molecule has 13 heteroatoms. The maximum atomic E-state index is 14.3. The maximum absolute atomic E-state index is 14.3. The summed E-state index contributed by atoms with van der Waals surface area (Å²) in [6.45, 7) is 5.64. The number of aliphatic hydroxyl groups excluding tert-OH is 1. The van der Waals surface area contributed by atoms with E-state index in [4.69, 9.17) is 9.47 Å². The van der Waals surface area contributed by atoms with Crippen molar-refractivity contribution in [3.05, 3.63) is 84.2 Å². The third-order valence-electron chi connectivity index (χ3n) is 8.30. The number of rotatable bonds is 8. The highest BCUT2D eigenvalue weighted by molar-refractivity contribution is 7.89. The molecule has 0 bridgehead atoms. The molecule has 0 unspecified atom stereocenters. The Bertz CT molecular complexity index is 1630. The molecule has 0 spiro atoms. The number of carbonyl (C=O) groups is 2. The van der Waals surface area contributed by atoms with Gasteiger partial charge in [0.05, 0.1) is 35.3 Å². The molecule has 3 aromatic rings. The first-order chi connectivity index (χ1) is 22.9. The normalized spacial score (nSPS) is 20.3. The summed E-state index contributed by atoms with van der Waals surface area (Å²) < 4.78 is 53.9. The lowest BCUT2D eigenvalue weighted by Gasteiger charge is -2.35. The van der Waals surface area contributed by atoms with Gasteiger partial charge in [-0.1, -0.05) is 25.1 Å². The van der Waals surface area contributed by atoms with E-state index in [-0.39, 0.29) is 42.2 Å². The Kier molecular flexibility index (Phi) is 12.9. The van der Waals surface area contributed by atoms with Gasteiger partial charge in [-0.25, -0.2) is 17.6 Å². The van der Waals surface area contributed by atoms with Gasteiger partial charge in [0.25, 0.3) is 5.91 Å². The molecule has 3 amide bonds. The van der Waals surface area contributed by atoms with E-state index in [1.807, 2.05) is 19.9 Å². The zero-order valence-corrected chi connectivity index (χ0v) is 28.6. The van der Waals surface area contributed by atoms with Crippen LogP contribution in [0, 0.1) is 11.7 Å². The minimum atomic E-state index is -3.96. The molecule has 4 atom stereocenters. The van der Waals surface area contributed by atoms with Gasteiger partial charge in [-0.2, -0.15) is 4.31 Å². The molecule has 4 rings (SSSR count). The highest BCUT2D eigenvalue weighted by Crippen LogP contribution is 2.29. The number of aliphatic hydroxyl groups is 1. The molecule has 3 aromatic carbocycles. The number of sulfonamides is 1. The lowest BCUT2D eigenvalue weighted by atomic mass is 10.0. The Morgan fingerprint density at radius 2 is 1.73 bits per heavy atom. The average molecular weight is 685 g/mol. The molecule has 0 saturated carbocycles. The number of para-hydroxylation sites is 1. The molecule has 260 valence electrons. The summed E-state index contributed by atoms with van der Waals surface area (Å²) in [5.74, 6) is -1.000. The largest absolute Gasteiger partial charge is 0.490 e.